The molecule has 0 aliphatic rings. The zero-order valence-electron chi connectivity index (χ0n) is 18.3. The standard InChI is InChI=1S/C27H27AsO3S/c1-3-28(24-13-7-4-8-14-24,25-15-9-5-10-16-25,26-17-11-6-12-18-26)31-32(29,30)27-21-19-23(2)20-22-27/h4-22H,3H2,1-2H3. The van der Waals surface area contributed by atoms with Crippen LogP contribution >= 0.6 is 0 Å². The van der Waals surface area contributed by atoms with Gasteiger partial charge in [-0.2, -0.15) is 0 Å². The summed E-state index contributed by atoms with van der Waals surface area (Å²) in [6, 6.07) is 36.5. The molecule has 0 aromatic heterocycles. The number of rotatable bonds is 7. The molecule has 32 heavy (non-hydrogen) atoms. The fraction of sp³-hybridized carbons (Fsp3) is 0.111. The first kappa shape index (κ1) is 22.5. The summed E-state index contributed by atoms with van der Waals surface area (Å²) in [6.07, 6.45) is 0. The Morgan fingerprint density at radius 1 is 0.625 bits per heavy atom. The van der Waals surface area contributed by atoms with E-state index in [2.05, 4.69) is 0 Å². The Balaban J connectivity index is 2.12. The first-order valence-electron chi connectivity index (χ1n) is 10.6. The van der Waals surface area contributed by atoms with Crippen molar-refractivity contribution in [3.8, 4) is 0 Å². The van der Waals surface area contributed by atoms with Crippen LogP contribution < -0.4 is 13.1 Å². The van der Waals surface area contributed by atoms with E-state index < -0.39 is 22.9 Å². The fourth-order valence-corrected chi connectivity index (χ4v) is 20.5. The van der Waals surface area contributed by atoms with Gasteiger partial charge in [0.1, 0.15) is 0 Å². The van der Waals surface area contributed by atoms with Gasteiger partial charge in [-0.15, -0.1) is 0 Å². The summed E-state index contributed by atoms with van der Waals surface area (Å²) in [4.78, 5) is 0.173. The molecule has 0 N–H and O–H groups in total. The van der Waals surface area contributed by atoms with Crippen LogP contribution in [0.15, 0.2) is 120 Å². The molecule has 164 valence electrons. The van der Waals surface area contributed by atoms with Crippen molar-refractivity contribution in [1.29, 1.82) is 0 Å². The molecule has 0 fully saturated rings. The molecule has 5 heteroatoms. The Labute approximate surface area is 191 Å². The summed E-state index contributed by atoms with van der Waals surface area (Å²) in [5.41, 5.74) is 0.996. The molecule has 0 amide bonds. The molecule has 0 aliphatic heterocycles. The van der Waals surface area contributed by atoms with E-state index >= 15 is 0 Å². The molecule has 0 saturated heterocycles. The molecule has 4 aromatic carbocycles. The molecule has 0 unspecified atom stereocenters. The van der Waals surface area contributed by atoms with Gasteiger partial charge in [0.25, 0.3) is 0 Å². The van der Waals surface area contributed by atoms with E-state index in [1.165, 1.54) is 0 Å². The van der Waals surface area contributed by atoms with Crippen LogP contribution in [0.4, 0.5) is 0 Å². The summed E-state index contributed by atoms with van der Waals surface area (Å²) in [7, 11) is -4.07. The summed E-state index contributed by atoms with van der Waals surface area (Å²) in [5, 5.41) is 0.543. The predicted octanol–water partition coefficient (Wildman–Crippen LogP) is 4.34. The van der Waals surface area contributed by atoms with Crippen molar-refractivity contribution in [1.82, 2.24) is 0 Å². The minimum absolute atomic E-state index is 0.173. The Morgan fingerprint density at radius 3 is 1.34 bits per heavy atom. The van der Waals surface area contributed by atoms with E-state index in [9.17, 15) is 8.42 Å². The molecule has 4 aromatic rings. The molecule has 3 nitrogen and oxygen atoms in total. The van der Waals surface area contributed by atoms with Gasteiger partial charge in [-0.25, -0.2) is 0 Å². The Bertz CT molecular complexity index is 1190. The first-order chi connectivity index (χ1) is 15.4. The molecular weight excluding hydrogens is 479 g/mol. The molecule has 0 heterocycles. The summed E-state index contributed by atoms with van der Waals surface area (Å²) < 4.78 is 37.2. The third-order valence-corrected chi connectivity index (χ3v) is 22.0. The molecular formula is C27H27AsO3S. The minimum atomic E-state index is -4.67. The van der Waals surface area contributed by atoms with Gasteiger partial charge >= 0.3 is 192 Å². The van der Waals surface area contributed by atoms with Gasteiger partial charge in [0, 0.05) is 0 Å². The normalized spacial score (nSPS) is 13.2. The van der Waals surface area contributed by atoms with E-state index in [0.717, 1.165) is 18.6 Å². The van der Waals surface area contributed by atoms with Crippen molar-refractivity contribution in [3.63, 3.8) is 0 Å². The van der Waals surface area contributed by atoms with Crippen LogP contribution in [0.2, 0.25) is 5.21 Å². The summed E-state index contributed by atoms with van der Waals surface area (Å²) in [5.74, 6) is 0. The molecule has 0 saturated carbocycles. The van der Waals surface area contributed by atoms with Gasteiger partial charge in [0.15, 0.2) is 0 Å². The number of hydrogen-bond acceptors (Lipinski definition) is 3. The molecule has 0 aliphatic carbocycles. The van der Waals surface area contributed by atoms with Crippen molar-refractivity contribution in [2.24, 2.45) is 0 Å². The zero-order chi connectivity index (χ0) is 22.7. The SMILES string of the molecule is CC[As](OS(=O)(=O)c1ccc(C)cc1)(c1ccccc1)(c1ccccc1)c1ccccc1. The quantitative estimate of drug-likeness (QED) is 0.351. The Hall–Kier alpha value is -2.65. The summed E-state index contributed by atoms with van der Waals surface area (Å²) in [6.45, 7) is 3.98. The van der Waals surface area contributed by atoms with E-state index in [0.29, 0.717) is 5.21 Å². The van der Waals surface area contributed by atoms with Crippen molar-refractivity contribution < 1.29 is 11.6 Å². The second kappa shape index (κ2) is 8.71. The molecule has 0 atom stereocenters. The van der Waals surface area contributed by atoms with Crippen LogP contribution in [0.25, 0.3) is 0 Å². The maximum absolute atomic E-state index is 13.9. The van der Waals surface area contributed by atoms with Crippen LogP contribution in [0, 0.1) is 6.92 Å². The van der Waals surface area contributed by atoms with Crippen LogP contribution in [-0.4, -0.2) is 21.2 Å². The van der Waals surface area contributed by atoms with Crippen LogP contribution in [0.3, 0.4) is 0 Å². The molecule has 4 rings (SSSR count). The van der Waals surface area contributed by atoms with Crippen molar-refractivity contribution in [2.75, 3.05) is 0 Å². The van der Waals surface area contributed by atoms with Crippen molar-refractivity contribution >= 4 is 36.0 Å². The van der Waals surface area contributed by atoms with Gasteiger partial charge in [0.2, 0.25) is 0 Å². The van der Waals surface area contributed by atoms with Crippen LogP contribution in [0.5, 0.6) is 0 Å². The topological polar surface area (TPSA) is 43.4 Å². The molecule has 0 spiro atoms. The average Bonchev–Trinajstić information content (AvgIpc) is 2.85. The van der Waals surface area contributed by atoms with Gasteiger partial charge in [-0.05, 0) is 0 Å². The van der Waals surface area contributed by atoms with E-state index in [1.54, 1.807) is 24.3 Å². The molecule has 0 bridgehead atoms. The predicted molar refractivity (Wildman–Crippen MR) is 134 cm³/mol. The number of aryl methyl sites for hydroxylation is 1. The van der Waals surface area contributed by atoms with Gasteiger partial charge < -0.3 is 0 Å². The monoisotopic (exact) mass is 506 g/mol. The second-order valence-electron chi connectivity index (χ2n) is 7.88. The van der Waals surface area contributed by atoms with E-state index in [1.807, 2.05) is 105 Å². The number of benzene rings is 4. The number of hydrogen-bond donors (Lipinski definition) is 0. The fourth-order valence-electron chi connectivity index (χ4n) is 4.37. The van der Waals surface area contributed by atoms with Gasteiger partial charge in [-0.3, -0.25) is 0 Å². The zero-order valence-corrected chi connectivity index (χ0v) is 21.0. The maximum atomic E-state index is 13.9. The van der Waals surface area contributed by atoms with Gasteiger partial charge in [-0.1, -0.05) is 0 Å². The third-order valence-electron chi connectivity index (χ3n) is 6.08. The van der Waals surface area contributed by atoms with E-state index in [4.69, 9.17) is 3.17 Å². The van der Waals surface area contributed by atoms with Crippen LogP contribution in [0.1, 0.15) is 12.5 Å². The van der Waals surface area contributed by atoms with Crippen LogP contribution in [-0.2, 0) is 13.3 Å². The summed E-state index contributed by atoms with van der Waals surface area (Å²) >= 11 is -4.67. The molecule has 0 radical (unpaired) electrons. The average molecular weight is 506 g/mol. The Morgan fingerprint density at radius 2 is 1.00 bits per heavy atom. The third kappa shape index (κ3) is 3.63. The first-order valence-corrected chi connectivity index (χ1v) is 17.0. The Kier molecular flexibility index (Phi) is 6.13. The van der Waals surface area contributed by atoms with E-state index in [-0.39, 0.29) is 4.90 Å². The van der Waals surface area contributed by atoms with Crippen molar-refractivity contribution in [3.05, 3.63) is 121 Å². The van der Waals surface area contributed by atoms with Crippen molar-refractivity contribution in [2.45, 2.75) is 24.0 Å². The van der Waals surface area contributed by atoms with Gasteiger partial charge in [0.05, 0.1) is 0 Å². The second-order valence-corrected chi connectivity index (χ2v) is 20.0.